The van der Waals surface area contributed by atoms with Gasteiger partial charge in [-0.1, -0.05) is 28.8 Å². The van der Waals surface area contributed by atoms with Gasteiger partial charge in [0, 0.05) is 29.1 Å². The normalized spacial score (nSPS) is 37.9. The van der Waals surface area contributed by atoms with Crippen LogP contribution in [-0.4, -0.2) is 46.8 Å². The van der Waals surface area contributed by atoms with Gasteiger partial charge >= 0.3 is 0 Å². The first-order chi connectivity index (χ1) is 12.1. The Morgan fingerprint density at radius 2 is 1.84 bits per heavy atom. The first-order valence-electron chi connectivity index (χ1n) is 10.3. The fraction of sp³-hybridized carbons (Fsp3) is 0.950. The number of carbonyl (C=O) groups excluding carboxylic acids is 1. The van der Waals surface area contributed by atoms with Crippen molar-refractivity contribution in [3.8, 4) is 0 Å². The molecule has 1 aliphatic heterocycles. The zero-order valence-corrected chi connectivity index (χ0v) is 18.1. The van der Waals surface area contributed by atoms with E-state index < -0.39 is 0 Å². The summed E-state index contributed by atoms with van der Waals surface area (Å²) in [5.74, 6) is 3.11. The van der Waals surface area contributed by atoms with E-state index in [0.717, 1.165) is 50.2 Å². The Balaban J connectivity index is 1.49. The molecule has 0 bridgehead atoms. The van der Waals surface area contributed by atoms with Gasteiger partial charge < -0.3 is 10.6 Å². The third-order valence-corrected chi connectivity index (χ3v) is 8.76. The average Bonchev–Trinajstić information content (AvgIpc) is 2.67. The lowest BCUT2D eigenvalue weighted by atomic mass is 9.72. The van der Waals surface area contributed by atoms with E-state index in [2.05, 4.69) is 27.1 Å². The van der Waals surface area contributed by atoms with Crippen LogP contribution in [0.25, 0.3) is 0 Å². The monoisotopic (exact) mass is 430 g/mol. The van der Waals surface area contributed by atoms with Crippen LogP contribution in [0.3, 0.4) is 0 Å². The van der Waals surface area contributed by atoms with E-state index in [4.69, 9.17) is 5.73 Å². The number of amides is 1. The maximum atomic E-state index is 13.0. The fourth-order valence-corrected chi connectivity index (χ4v) is 7.42. The van der Waals surface area contributed by atoms with Crippen LogP contribution in [0.4, 0.5) is 0 Å². The third kappa shape index (κ3) is 5.16. The number of hydrogen-bond acceptors (Lipinski definition) is 3. The average molecular weight is 431 g/mol. The molecule has 5 heteroatoms. The highest BCUT2D eigenvalue weighted by Gasteiger charge is 2.36. The fourth-order valence-electron chi connectivity index (χ4n) is 5.42. The van der Waals surface area contributed by atoms with E-state index in [1.54, 1.807) is 0 Å². The van der Waals surface area contributed by atoms with Crippen molar-refractivity contribution in [2.45, 2.75) is 67.9 Å². The number of nitrogens with two attached hydrogens (primary N) is 1. The molecule has 2 saturated carbocycles. The van der Waals surface area contributed by atoms with Crippen LogP contribution in [0.15, 0.2) is 0 Å². The molecule has 0 aromatic carbocycles. The summed E-state index contributed by atoms with van der Waals surface area (Å²) in [4.78, 5) is 15.7. The van der Waals surface area contributed by atoms with Crippen LogP contribution in [0.1, 0.15) is 57.8 Å². The van der Waals surface area contributed by atoms with Crippen LogP contribution in [0, 0.1) is 23.7 Å². The molecule has 3 aliphatic rings. The summed E-state index contributed by atoms with van der Waals surface area (Å²) in [5, 5.41) is 0.639. The predicted molar refractivity (Wildman–Crippen MR) is 111 cm³/mol. The number of halogens is 1. The van der Waals surface area contributed by atoms with Gasteiger partial charge in [-0.2, -0.15) is 11.8 Å². The van der Waals surface area contributed by atoms with Crippen LogP contribution in [0.5, 0.6) is 0 Å². The highest BCUT2D eigenvalue weighted by atomic mass is 79.9. The topological polar surface area (TPSA) is 46.3 Å². The molecule has 1 heterocycles. The molecule has 3 nitrogen and oxygen atoms in total. The van der Waals surface area contributed by atoms with Crippen molar-refractivity contribution >= 4 is 33.6 Å². The van der Waals surface area contributed by atoms with Crippen molar-refractivity contribution < 1.29 is 4.79 Å². The summed E-state index contributed by atoms with van der Waals surface area (Å²) in [6, 6.07) is 0. The Bertz CT molecular complexity index is 441. The SMILES string of the molecule is CSC1CC(Br)CC(C(=O)N2CCC(C3CCCC(CN)C3)CC2)C1. The van der Waals surface area contributed by atoms with Crippen molar-refractivity contribution in [1.29, 1.82) is 0 Å². The second-order valence-corrected chi connectivity index (χ2v) is 11.0. The Labute approximate surface area is 166 Å². The molecule has 5 atom stereocenters. The van der Waals surface area contributed by atoms with E-state index >= 15 is 0 Å². The van der Waals surface area contributed by atoms with Gasteiger partial charge in [-0.3, -0.25) is 4.79 Å². The number of rotatable bonds is 4. The van der Waals surface area contributed by atoms with Crippen molar-refractivity contribution in [3.05, 3.63) is 0 Å². The zero-order valence-electron chi connectivity index (χ0n) is 15.7. The number of hydrogen-bond donors (Lipinski definition) is 1. The van der Waals surface area contributed by atoms with E-state index in [9.17, 15) is 4.79 Å². The third-order valence-electron chi connectivity index (χ3n) is 6.96. The molecule has 144 valence electrons. The van der Waals surface area contributed by atoms with Gasteiger partial charge in [-0.25, -0.2) is 0 Å². The van der Waals surface area contributed by atoms with Gasteiger partial charge in [-0.05, 0) is 75.5 Å². The number of alkyl halides is 1. The molecule has 5 unspecified atom stereocenters. The predicted octanol–water partition coefficient (Wildman–Crippen LogP) is 4.29. The van der Waals surface area contributed by atoms with Crippen molar-refractivity contribution in [2.24, 2.45) is 29.4 Å². The number of likely N-dealkylation sites (tertiary alicyclic amines) is 1. The quantitative estimate of drug-likeness (QED) is 0.676. The molecular weight excluding hydrogens is 396 g/mol. The van der Waals surface area contributed by atoms with Gasteiger partial charge in [0.05, 0.1) is 0 Å². The smallest absolute Gasteiger partial charge is 0.225 e. The van der Waals surface area contributed by atoms with E-state index in [-0.39, 0.29) is 5.92 Å². The maximum absolute atomic E-state index is 13.0. The number of carbonyl (C=O) groups is 1. The Hall–Kier alpha value is 0.260. The van der Waals surface area contributed by atoms with Gasteiger partial charge in [0.25, 0.3) is 0 Å². The van der Waals surface area contributed by atoms with Gasteiger partial charge in [0.2, 0.25) is 5.91 Å². The van der Waals surface area contributed by atoms with Crippen molar-refractivity contribution in [1.82, 2.24) is 4.90 Å². The van der Waals surface area contributed by atoms with Gasteiger partial charge in [0.1, 0.15) is 0 Å². The second-order valence-electron chi connectivity index (χ2n) is 8.55. The minimum atomic E-state index is 0.239. The van der Waals surface area contributed by atoms with Crippen LogP contribution >= 0.6 is 27.7 Å². The van der Waals surface area contributed by atoms with Crippen molar-refractivity contribution in [3.63, 3.8) is 0 Å². The molecule has 0 aromatic heterocycles. The summed E-state index contributed by atoms with van der Waals surface area (Å²) in [6.07, 6.45) is 13.3. The molecule has 0 spiro atoms. The standard InChI is InChI=1S/C20H35BrN2OS/c1-25-19-11-17(10-18(21)12-19)20(24)23-7-5-15(6-8-23)16-4-2-3-14(9-16)13-22/h14-19H,2-13,22H2,1H3. The van der Waals surface area contributed by atoms with Crippen LogP contribution in [0.2, 0.25) is 0 Å². The highest BCUT2D eigenvalue weighted by Crippen LogP contribution is 2.39. The molecule has 0 aromatic rings. The summed E-state index contributed by atoms with van der Waals surface area (Å²) >= 11 is 5.71. The number of piperidine rings is 1. The molecule has 1 amide bonds. The molecule has 2 aliphatic carbocycles. The summed E-state index contributed by atoms with van der Waals surface area (Å²) < 4.78 is 0. The number of thioether (sulfide) groups is 1. The van der Waals surface area contributed by atoms with Crippen LogP contribution < -0.4 is 5.73 Å². The molecule has 1 saturated heterocycles. The Morgan fingerprint density at radius 3 is 2.52 bits per heavy atom. The lowest BCUT2D eigenvalue weighted by molar-refractivity contribution is -0.138. The molecular formula is C20H35BrN2OS. The molecule has 2 N–H and O–H groups in total. The first kappa shape index (κ1) is 20.0. The summed E-state index contributed by atoms with van der Waals surface area (Å²) in [7, 11) is 0. The largest absolute Gasteiger partial charge is 0.342 e. The van der Waals surface area contributed by atoms with Crippen LogP contribution in [-0.2, 0) is 4.79 Å². The second kappa shape index (κ2) is 9.45. The minimum Gasteiger partial charge on any atom is -0.342 e. The van der Waals surface area contributed by atoms with E-state index in [1.165, 1.54) is 44.9 Å². The van der Waals surface area contributed by atoms with Gasteiger partial charge in [0.15, 0.2) is 0 Å². The van der Waals surface area contributed by atoms with Gasteiger partial charge in [-0.15, -0.1) is 0 Å². The van der Waals surface area contributed by atoms with E-state index in [0.29, 0.717) is 16.0 Å². The summed E-state index contributed by atoms with van der Waals surface area (Å²) in [5.41, 5.74) is 5.91. The zero-order chi connectivity index (χ0) is 17.8. The Kier molecular flexibility index (Phi) is 7.57. The first-order valence-corrected chi connectivity index (χ1v) is 12.5. The Morgan fingerprint density at radius 1 is 1.08 bits per heavy atom. The molecule has 3 rings (SSSR count). The summed E-state index contributed by atoms with van der Waals surface area (Å²) in [6.45, 7) is 2.83. The minimum absolute atomic E-state index is 0.239. The lowest BCUT2D eigenvalue weighted by Gasteiger charge is -2.41. The molecule has 25 heavy (non-hydrogen) atoms. The molecule has 0 radical (unpaired) electrons. The maximum Gasteiger partial charge on any atom is 0.225 e. The highest BCUT2D eigenvalue weighted by molar-refractivity contribution is 9.09. The van der Waals surface area contributed by atoms with Crippen molar-refractivity contribution in [2.75, 3.05) is 25.9 Å². The lowest BCUT2D eigenvalue weighted by Crippen LogP contribution is -2.45. The molecule has 3 fully saturated rings. The van der Waals surface area contributed by atoms with E-state index in [1.807, 2.05) is 11.8 Å². The number of nitrogens with zero attached hydrogens (tertiary/aromatic N) is 1.